The molecule has 0 aliphatic rings. The summed E-state index contributed by atoms with van der Waals surface area (Å²) in [6, 6.07) is 48.5. The van der Waals surface area contributed by atoms with Gasteiger partial charge >= 0.3 is 0 Å². The summed E-state index contributed by atoms with van der Waals surface area (Å²) in [6.45, 7) is 13.2. The predicted octanol–water partition coefficient (Wildman–Crippen LogP) is 11.2. The minimum atomic E-state index is -0.162. The smallest absolute Gasteiger partial charge is 0.271 e. The molecular weight excluding hydrogens is 793 g/mol. The maximum atomic E-state index is 6.67. The summed E-state index contributed by atoms with van der Waals surface area (Å²) < 4.78 is 21.5. The Hall–Kier alpha value is -7.98. The number of aromatic nitrogens is 8. The average Bonchev–Trinajstić information content (AvgIpc) is 3.89. The molecule has 314 valence electrons. The van der Waals surface area contributed by atoms with Crippen molar-refractivity contribution in [2.24, 2.45) is 0 Å². The van der Waals surface area contributed by atoms with Gasteiger partial charge in [-0.25, -0.2) is 0 Å². The van der Waals surface area contributed by atoms with E-state index in [9.17, 15) is 0 Å². The highest BCUT2D eigenvalue weighted by Gasteiger charge is 2.22. The molecule has 10 rings (SSSR count). The Kier molecular flexibility index (Phi) is 10.1. The van der Waals surface area contributed by atoms with Crippen molar-refractivity contribution in [1.82, 2.24) is 29.1 Å². The van der Waals surface area contributed by atoms with Crippen LogP contribution < -0.4 is 18.6 Å². The van der Waals surface area contributed by atoms with Gasteiger partial charge in [0.15, 0.2) is 11.6 Å². The first kappa shape index (κ1) is 40.1. The van der Waals surface area contributed by atoms with Crippen molar-refractivity contribution in [3.63, 3.8) is 0 Å². The summed E-state index contributed by atoms with van der Waals surface area (Å²) in [5.74, 6) is 4.20. The van der Waals surface area contributed by atoms with Gasteiger partial charge in [-0.3, -0.25) is 38.2 Å². The van der Waals surface area contributed by atoms with E-state index in [1.54, 1.807) is 24.8 Å². The van der Waals surface area contributed by atoms with Gasteiger partial charge in [-0.1, -0.05) is 102 Å². The molecule has 10 heteroatoms. The minimum Gasteiger partial charge on any atom is -0.458 e. The lowest BCUT2D eigenvalue weighted by Crippen LogP contribution is -2.30. The molecule has 0 saturated carbocycles. The Bertz CT molecular complexity index is 3090. The summed E-state index contributed by atoms with van der Waals surface area (Å²) >= 11 is 0. The fourth-order valence-electron chi connectivity index (χ4n) is 7.73. The molecule has 10 nitrogen and oxygen atoms in total. The first-order chi connectivity index (χ1) is 30.9. The second kappa shape index (κ2) is 16.0. The number of para-hydroxylation sites is 4. The SMILES string of the molecule is CC(C)(C)c1cc(Oc2ccnc(-c3cc(Oc4cc(-[n+]5[c-]n(-c6ccccn6)c6ccccc65)cc(C(C)(C)C)c4)ccn3)c2)cc(-[n+]2[c-]n(-c3ccccn3)c3ccccc32)c1. The predicted molar refractivity (Wildman–Crippen MR) is 248 cm³/mol. The van der Waals surface area contributed by atoms with Gasteiger partial charge in [0.25, 0.3) is 12.7 Å². The number of ether oxygens (including phenoxy) is 2. The zero-order valence-corrected chi connectivity index (χ0v) is 36.6. The van der Waals surface area contributed by atoms with Crippen LogP contribution in [0.25, 0.3) is 56.5 Å². The molecular formula is C54H46N8O2. The zero-order valence-electron chi connectivity index (χ0n) is 36.6. The molecule has 0 fully saturated rings. The molecule has 0 amide bonds. The van der Waals surface area contributed by atoms with Crippen LogP contribution >= 0.6 is 0 Å². The van der Waals surface area contributed by atoms with Crippen LogP contribution in [0.2, 0.25) is 0 Å². The number of benzene rings is 4. The van der Waals surface area contributed by atoms with E-state index in [1.807, 2.05) is 106 Å². The second-order valence-corrected chi connectivity index (χ2v) is 17.8. The lowest BCUT2D eigenvalue weighted by molar-refractivity contribution is -0.572. The third-order valence-electron chi connectivity index (χ3n) is 11.1. The van der Waals surface area contributed by atoms with Gasteiger partial charge in [0.2, 0.25) is 0 Å². The van der Waals surface area contributed by atoms with Gasteiger partial charge < -0.3 is 9.47 Å². The van der Waals surface area contributed by atoms with Crippen LogP contribution in [0.3, 0.4) is 0 Å². The fourth-order valence-corrected chi connectivity index (χ4v) is 7.73. The van der Waals surface area contributed by atoms with Crippen LogP contribution in [-0.2, 0) is 10.8 Å². The standard InChI is InChI=1S/C54H46N8O2/c1-53(2,3)37-27-39(59-35-61(51-19-11-13-23-57-51)49-17-9-7-15-47(49)59)31-43(29-37)63-41-21-25-55-45(33-41)46-34-42(22-26-56-46)64-44-30-38(54(4,5)6)28-40(32-44)60-36-62(52-20-12-14-24-58-52)50-18-10-8-16-48(50)60/h7-34H,1-6H3. The number of nitrogens with zero attached hydrogens (tertiary/aromatic N) is 8. The van der Waals surface area contributed by atoms with Gasteiger partial charge in [-0.15, -0.1) is 0 Å². The molecule has 6 aromatic heterocycles. The van der Waals surface area contributed by atoms with Crippen molar-refractivity contribution in [2.45, 2.75) is 52.4 Å². The summed E-state index contributed by atoms with van der Waals surface area (Å²) in [4.78, 5) is 18.6. The largest absolute Gasteiger partial charge is 0.458 e. The van der Waals surface area contributed by atoms with Gasteiger partial charge in [-0.2, -0.15) is 0 Å². The molecule has 4 aromatic carbocycles. The van der Waals surface area contributed by atoms with Crippen LogP contribution in [0.5, 0.6) is 23.0 Å². The van der Waals surface area contributed by atoms with Crippen LogP contribution in [0, 0.1) is 12.7 Å². The van der Waals surface area contributed by atoms with E-state index in [-0.39, 0.29) is 10.8 Å². The van der Waals surface area contributed by atoms with E-state index < -0.39 is 0 Å². The highest BCUT2D eigenvalue weighted by atomic mass is 16.5. The monoisotopic (exact) mass is 838 g/mol. The highest BCUT2D eigenvalue weighted by Crippen LogP contribution is 2.35. The Morgan fingerprint density at radius 3 is 1.25 bits per heavy atom. The molecule has 6 heterocycles. The zero-order chi connectivity index (χ0) is 44.0. The van der Waals surface area contributed by atoms with E-state index in [0.717, 1.165) is 56.2 Å². The number of imidazole rings is 2. The van der Waals surface area contributed by atoms with Crippen molar-refractivity contribution in [3.05, 3.63) is 194 Å². The Morgan fingerprint density at radius 2 is 0.844 bits per heavy atom. The van der Waals surface area contributed by atoms with E-state index in [4.69, 9.17) is 19.4 Å². The lowest BCUT2D eigenvalue weighted by Gasteiger charge is -2.22. The maximum absolute atomic E-state index is 6.67. The number of hydrogen-bond donors (Lipinski definition) is 0. The molecule has 64 heavy (non-hydrogen) atoms. The third kappa shape index (κ3) is 7.97. The molecule has 10 aromatic rings. The van der Waals surface area contributed by atoms with Crippen LogP contribution in [0.1, 0.15) is 52.7 Å². The van der Waals surface area contributed by atoms with Crippen molar-refractivity contribution < 1.29 is 18.6 Å². The number of fused-ring (bicyclic) bond motifs is 2. The van der Waals surface area contributed by atoms with Crippen molar-refractivity contribution >= 4 is 22.1 Å². The molecule has 0 unspecified atom stereocenters. The molecule has 0 bridgehead atoms. The number of hydrogen-bond acceptors (Lipinski definition) is 6. The van der Waals surface area contributed by atoms with Crippen molar-refractivity contribution in [3.8, 4) is 57.4 Å². The maximum Gasteiger partial charge on any atom is 0.271 e. The van der Waals surface area contributed by atoms with E-state index in [0.29, 0.717) is 34.4 Å². The first-order valence-electron chi connectivity index (χ1n) is 21.3. The van der Waals surface area contributed by atoms with Gasteiger partial charge in [-0.05, 0) is 94.8 Å². The minimum absolute atomic E-state index is 0.162. The van der Waals surface area contributed by atoms with Crippen LogP contribution in [0.15, 0.2) is 170 Å². The molecule has 0 spiro atoms. The van der Waals surface area contributed by atoms with Crippen LogP contribution in [0.4, 0.5) is 0 Å². The van der Waals surface area contributed by atoms with Gasteiger partial charge in [0.05, 0.1) is 44.8 Å². The molecule has 0 aliphatic carbocycles. The molecule has 0 radical (unpaired) electrons. The van der Waals surface area contributed by atoms with Gasteiger partial charge in [0, 0.05) is 36.9 Å². The fraction of sp³-hybridized carbons (Fsp3) is 0.148. The van der Waals surface area contributed by atoms with Gasteiger partial charge in [0.1, 0.15) is 23.0 Å². The van der Waals surface area contributed by atoms with E-state index in [2.05, 4.69) is 122 Å². The Morgan fingerprint density at radius 1 is 0.422 bits per heavy atom. The Labute approximate surface area is 372 Å². The van der Waals surface area contributed by atoms with E-state index in [1.165, 1.54) is 0 Å². The van der Waals surface area contributed by atoms with E-state index >= 15 is 0 Å². The first-order valence-corrected chi connectivity index (χ1v) is 21.3. The normalized spacial score (nSPS) is 11.9. The second-order valence-electron chi connectivity index (χ2n) is 17.8. The van der Waals surface area contributed by atoms with Crippen molar-refractivity contribution in [1.29, 1.82) is 0 Å². The molecule has 0 saturated heterocycles. The summed E-state index contributed by atoms with van der Waals surface area (Å²) in [6.07, 6.45) is 14.2. The lowest BCUT2D eigenvalue weighted by atomic mass is 9.86. The van der Waals surface area contributed by atoms with Crippen molar-refractivity contribution in [2.75, 3.05) is 0 Å². The number of pyridine rings is 4. The molecule has 0 N–H and O–H groups in total. The quantitative estimate of drug-likeness (QED) is 0.106. The van der Waals surface area contributed by atoms with Crippen LogP contribution in [-0.4, -0.2) is 29.1 Å². The summed E-state index contributed by atoms with van der Waals surface area (Å²) in [7, 11) is 0. The third-order valence-corrected chi connectivity index (χ3v) is 11.1. The topological polar surface area (TPSA) is 87.6 Å². The summed E-state index contributed by atoms with van der Waals surface area (Å²) in [5.41, 5.74) is 9.02. The average molecular weight is 839 g/mol. The number of rotatable bonds is 9. The molecule has 0 atom stereocenters. The summed E-state index contributed by atoms with van der Waals surface area (Å²) in [5, 5.41) is 0. The highest BCUT2D eigenvalue weighted by molar-refractivity contribution is 5.75. The Balaban J connectivity index is 0.969. The molecule has 0 aliphatic heterocycles.